The molecule has 142 valence electrons. The molecular weight excluding hydrogens is 352 g/mol. The molecule has 0 unspecified atom stereocenters. The Kier molecular flexibility index (Phi) is 2.46. The molecule has 27 heavy (non-hydrogen) atoms. The van der Waals surface area contributed by atoms with Gasteiger partial charge in [0.2, 0.25) is 0 Å². The lowest BCUT2D eigenvalue weighted by Gasteiger charge is -2.55. The Balaban J connectivity index is 1.58. The first-order chi connectivity index (χ1) is 12.8. The molecular formula is C20H20O7. The van der Waals surface area contributed by atoms with E-state index >= 15 is 0 Å². The van der Waals surface area contributed by atoms with E-state index in [4.69, 9.17) is 18.6 Å². The van der Waals surface area contributed by atoms with Crippen molar-refractivity contribution >= 4 is 17.9 Å². The van der Waals surface area contributed by atoms with Crippen LogP contribution in [0.2, 0.25) is 0 Å². The Hall–Kier alpha value is -2.31. The summed E-state index contributed by atoms with van der Waals surface area (Å²) in [5.74, 6) is -1.26. The Labute approximate surface area is 155 Å². The highest BCUT2D eigenvalue weighted by atomic mass is 16.6. The average molecular weight is 372 g/mol. The number of hydrogen-bond acceptors (Lipinski definition) is 7. The van der Waals surface area contributed by atoms with Crippen molar-refractivity contribution in [2.45, 2.75) is 57.3 Å². The predicted octanol–water partition coefficient (Wildman–Crippen LogP) is 2.30. The number of carbonyl (C=O) groups is 3. The number of rotatable bonds is 1. The monoisotopic (exact) mass is 372 g/mol. The van der Waals surface area contributed by atoms with Gasteiger partial charge < -0.3 is 18.6 Å². The van der Waals surface area contributed by atoms with Crippen molar-refractivity contribution in [3.05, 3.63) is 24.2 Å². The lowest BCUT2D eigenvalue weighted by Crippen LogP contribution is -2.67. The van der Waals surface area contributed by atoms with E-state index in [9.17, 15) is 14.4 Å². The summed E-state index contributed by atoms with van der Waals surface area (Å²) in [6.45, 7) is 3.78. The molecule has 0 radical (unpaired) electrons. The van der Waals surface area contributed by atoms with Crippen LogP contribution in [0.25, 0.3) is 0 Å². The maximum atomic E-state index is 13.4. The number of esters is 3. The van der Waals surface area contributed by atoms with Gasteiger partial charge in [0.25, 0.3) is 0 Å². The van der Waals surface area contributed by atoms with Crippen LogP contribution in [-0.2, 0) is 28.6 Å². The summed E-state index contributed by atoms with van der Waals surface area (Å²) in [4.78, 5) is 39.4. The van der Waals surface area contributed by atoms with Crippen LogP contribution >= 0.6 is 0 Å². The quantitative estimate of drug-likeness (QED) is 0.552. The summed E-state index contributed by atoms with van der Waals surface area (Å²) < 4.78 is 22.6. The van der Waals surface area contributed by atoms with Crippen LogP contribution in [0.4, 0.5) is 0 Å². The fourth-order valence-electron chi connectivity index (χ4n) is 7.12. The fraction of sp³-hybridized carbons (Fsp3) is 0.650. The largest absolute Gasteiger partial charge is 0.472 e. The van der Waals surface area contributed by atoms with Crippen molar-refractivity contribution in [3.63, 3.8) is 0 Å². The summed E-state index contributed by atoms with van der Waals surface area (Å²) in [6, 6.07) is 1.78. The second kappa shape index (κ2) is 4.23. The van der Waals surface area contributed by atoms with Crippen LogP contribution in [0.5, 0.6) is 0 Å². The molecule has 4 bridgehead atoms. The van der Waals surface area contributed by atoms with Crippen LogP contribution in [0.1, 0.15) is 51.2 Å². The van der Waals surface area contributed by atoms with Gasteiger partial charge in [-0.15, -0.1) is 0 Å². The molecule has 1 aromatic rings. The molecule has 3 saturated heterocycles. The molecule has 6 rings (SSSR count). The molecule has 7 nitrogen and oxygen atoms in total. The van der Waals surface area contributed by atoms with Crippen molar-refractivity contribution in [3.8, 4) is 0 Å². The minimum atomic E-state index is -1.18. The van der Waals surface area contributed by atoms with E-state index in [1.54, 1.807) is 25.5 Å². The topological polar surface area (TPSA) is 92.0 Å². The van der Waals surface area contributed by atoms with Crippen molar-refractivity contribution in [1.82, 2.24) is 0 Å². The lowest BCUT2D eigenvalue weighted by atomic mass is 9.46. The summed E-state index contributed by atoms with van der Waals surface area (Å²) in [6.07, 6.45) is 3.99. The van der Waals surface area contributed by atoms with Gasteiger partial charge in [-0.25, -0.2) is 0 Å². The second-order valence-electron chi connectivity index (χ2n) is 8.99. The van der Waals surface area contributed by atoms with Gasteiger partial charge in [-0.2, -0.15) is 0 Å². The Bertz CT molecular complexity index is 905. The Morgan fingerprint density at radius 3 is 2.63 bits per heavy atom. The number of cyclic esters (lactones) is 1. The van der Waals surface area contributed by atoms with Gasteiger partial charge in [-0.05, 0) is 31.7 Å². The van der Waals surface area contributed by atoms with Crippen molar-refractivity contribution in [1.29, 1.82) is 0 Å². The zero-order chi connectivity index (χ0) is 18.8. The standard InChI is InChI=1S/C20H20O7/c1-10-3-5-19-16(23)26-13-8-20(19,27-14(21)17(13,19)2)18(10)7-12(25-15(18)22)11-4-6-24-9-11/h4,6,9-10,12-13H,3,5,7-8H2,1-2H3/t10-,12-,13+,17+,18+,19+,20-/m1/s1. The van der Waals surface area contributed by atoms with E-state index in [1.807, 2.05) is 6.92 Å². The molecule has 7 atom stereocenters. The first kappa shape index (κ1) is 15.7. The molecule has 0 amide bonds. The first-order valence-electron chi connectivity index (χ1n) is 9.51. The molecule has 1 aromatic heterocycles. The van der Waals surface area contributed by atoms with E-state index in [1.165, 1.54) is 0 Å². The molecule has 0 N–H and O–H groups in total. The average Bonchev–Trinajstić information content (AvgIpc) is 3.36. The van der Waals surface area contributed by atoms with E-state index < -0.39 is 46.0 Å². The molecule has 5 aliphatic rings. The molecule has 0 aromatic carbocycles. The third kappa shape index (κ3) is 1.24. The molecule has 2 saturated carbocycles. The SMILES string of the molecule is C[C@@H]1CC[C@@]23C(=O)O[C@H]4C[C@@]2(OC(=O)[C@]43C)[C@@]12C[C@H](c1ccoc1)OC2=O. The van der Waals surface area contributed by atoms with Gasteiger partial charge in [0, 0.05) is 18.4 Å². The lowest BCUT2D eigenvalue weighted by molar-refractivity contribution is -0.229. The summed E-state index contributed by atoms with van der Waals surface area (Å²) >= 11 is 0. The predicted molar refractivity (Wildman–Crippen MR) is 86.8 cm³/mol. The van der Waals surface area contributed by atoms with Gasteiger partial charge in [-0.3, -0.25) is 14.4 Å². The van der Waals surface area contributed by atoms with Crippen LogP contribution in [0, 0.1) is 22.2 Å². The van der Waals surface area contributed by atoms with Gasteiger partial charge in [-0.1, -0.05) is 6.92 Å². The Morgan fingerprint density at radius 1 is 1.07 bits per heavy atom. The number of carbonyl (C=O) groups excluding carboxylic acids is 3. The van der Waals surface area contributed by atoms with Gasteiger partial charge >= 0.3 is 17.9 Å². The smallest absolute Gasteiger partial charge is 0.317 e. The minimum absolute atomic E-state index is 0.0742. The third-order valence-electron chi connectivity index (χ3n) is 8.53. The number of furan rings is 1. The summed E-state index contributed by atoms with van der Waals surface area (Å²) in [7, 11) is 0. The van der Waals surface area contributed by atoms with Crippen molar-refractivity contribution in [2.24, 2.45) is 22.2 Å². The van der Waals surface area contributed by atoms with Gasteiger partial charge in [0.1, 0.15) is 34.1 Å². The van der Waals surface area contributed by atoms with Crippen LogP contribution in [0.3, 0.4) is 0 Å². The zero-order valence-electron chi connectivity index (χ0n) is 15.2. The van der Waals surface area contributed by atoms with Crippen molar-refractivity contribution < 1.29 is 33.0 Å². The molecule has 4 heterocycles. The van der Waals surface area contributed by atoms with Gasteiger partial charge in [0.15, 0.2) is 0 Å². The minimum Gasteiger partial charge on any atom is -0.472 e. The molecule has 2 spiro atoms. The molecule has 7 heteroatoms. The van der Waals surface area contributed by atoms with E-state index in [0.29, 0.717) is 25.7 Å². The normalized spacial score (nSPS) is 52.1. The van der Waals surface area contributed by atoms with Crippen LogP contribution in [0.15, 0.2) is 23.0 Å². The highest BCUT2D eigenvalue weighted by Gasteiger charge is 2.95. The number of hydrogen-bond donors (Lipinski definition) is 0. The summed E-state index contributed by atoms with van der Waals surface area (Å²) in [5, 5.41) is 0. The van der Waals surface area contributed by atoms with Crippen molar-refractivity contribution in [2.75, 3.05) is 0 Å². The van der Waals surface area contributed by atoms with E-state index in [0.717, 1.165) is 5.56 Å². The van der Waals surface area contributed by atoms with Crippen LogP contribution < -0.4 is 0 Å². The molecule has 2 aliphatic carbocycles. The highest BCUT2D eigenvalue weighted by molar-refractivity contribution is 6.01. The van der Waals surface area contributed by atoms with E-state index in [-0.39, 0.29) is 11.9 Å². The highest BCUT2D eigenvalue weighted by Crippen LogP contribution is 2.81. The molecule has 3 aliphatic heterocycles. The Morgan fingerprint density at radius 2 is 1.89 bits per heavy atom. The number of ether oxygens (including phenoxy) is 3. The second-order valence-corrected chi connectivity index (χ2v) is 8.99. The third-order valence-corrected chi connectivity index (χ3v) is 8.53. The molecule has 5 fully saturated rings. The van der Waals surface area contributed by atoms with Gasteiger partial charge in [0.05, 0.1) is 12.5 Å². The maximum Gasteiger partial charge on any atom is 0.317 e. The zero-order valence-corrected chi connectivity index (χ0v) is 15.2. The fourth-order valence-corrected chi connectivity index (χ4v) is 7.12. The first-order valence-corrected chi connectivity index (χ1v) is 9.51. The van der Waals surface area contributed by atoms with Crippen LogP contribution in [-0.4, -0.2) is 29.6 Å². The summed E-state index contributed by atoms with van der Waals surface area (Å²) in [5.41, 5.74) is -3.57. The van der Waals surface area contributed by atoms with E-state index in [2.05, 4.69) is 0 Å². The maximum absolute atomic E-state index is 13.4.